The standard InChI is InChI=1S/C8H11F3N2O5/c1-13(4-8(9,10)11)7(17)12-5(14)2-18-3-6(15)16/h2-4H2,1H3,(H,15,16)(H,12,14,17). The second-order valence-corrected chi connectivity index (χ2v) is 3.21. The highest BCUT2D eigenvalue weighted by atomic mass is 19.4. The van der Waals surface area contributed by atoms with E-state index in [2.05, 4.69) is 4.74 Å². The lowest BCUT2D eigenvalue weighted by Crippen LogP contribution is -2.45. The molecule has 2 N–H and O–H groups in total. The van der Waals surface area contributed by atoms with Crippen molar-refractivity contribution in [2.75, 3.05) is 26.8 Å². The molecule has 0 aliphatic rings. The van der Waals surface area contributed by atoms with Crippen LogP contribution in [-0.2, 0) is 14.3 Å². The summed E-state index contributed by atoms with van der Waals surface area (Å²) in [6.07, 6.45) is -4.57. The molecule has 0 saturated carbocycles. The highest BCUT2D eigenvalue weighted by Crippen LogP contribution is 2.15. The van der Waals surface area contributed by atoms with Crippen molar-refractivity contribution in [1.82, 2.24) is 10.2 Å². The summed E-state index contributed by atoms with van der Waals surface area (Å²) in [4.78, 5) is 32.3. The molecule has 0 rings (SSSR count). The topological polar surface area (TPSA) is 95.9 Å². The van der Waals surface area contributed by atoms with Gasteiger partial charge in [-0.3, -0.25) is 10.1 Å². The predicted octanol–water partition coefficient (Wildman–Crippen LogP) is -0.182. The molecule has 3 amide bonds. The Balaban J connectivity index is 4.00. The summed E-state index contributed by atoms with van der Waals surface area (Å²) in [6, 6.07) is -1.25. The minimum atomic E-state index is -4.57. The normalized spacial score (nSPS) is 10.9. The lowest BCUT2D eigenvalue weighted by atomic mass is 10.5. The minimum absolute atomic E-state index is 0.259. The number of alkyl halides is 3. The molecule has 0 bridgehead atoms. The molecule has 0 aromatic heterocycles. The van der Waals surface area contributed by atoms with Crippen molar-refractivity contribution in [3.8, 4) is 0 Å². The number of hydrogen-bond donors (Lipinski definition) is 2. The van der Waals surface area contributed by atoms with E-state index in [9.17, 15) is 27.6 Å². The van der Waals surface area contributed by atoms with Crippen LogP contribution in [0, 0.1) is 0 Å². The summed E-state index contributed by atoms with van der Waals surface area (Å²) in [5, 5.41) is 9.77. The molecule has 0 aliphatic heterocycles. The Labute approximate surface area is 99.5 Å². The summed E-state index contributed by atoms with van der Waals surface area (Å²) >= 11 is 0. The van der Waals surface area contributed by atoms with Gasteiger partial charge in [0.25, 0.3) is 5.91 Å². The van der Waals surface area contributed by atoms with E-state index in [0.717, 1.165) is 7.05 Å². The molecule has 104 valence electrons. The zero-order valence-corrected chi connectivity index (χ0v) is 9.28. The van der Waals surface area contributed by atoms with E-state index in [1.807, 2.05) is 0 Å². The van der Waals surface area contributed by atoms with Crippen LogP contribution in [0.3, 0.4) is 0 Å². The van der Waals surface area contributed by atoms with Crippen LogP contribution < -0.4 is 5.32 Å². The van der Waals surface area contributed by atoms with E-state index in [1.165, 1.54) is 0 Å². The van der Waals surface area contributed by atoms with Crippen molar-refractivity contribution in [2.45, 2.75) is 6.18 Å². The smallest absolute Gasteiger partial charge is 0.406 e. The third kappa shape index (κ3) is 8.33. The molecule has 0 aromatic rings. The molecule has 7 nitrogen and oxygen atoms in total. The molecule has 0 unspecified atom stereocenters. The average molecular weight is 272 g/mol. The summed E-state index contributed by atoms with van der Waals surface area (Å²) in [6.45, 7) is -3.00. The molecular weight excluding hydrogens is 261 g/mol. The van der Waals surface area contributed by atoms with Crippen LogP contribution in [0.1, 0.15) is 0 Å². The molecule has 0 atom stereocenters. The quantitative estimate of drug-likeness (QED) is 0.723. The largest absolute Gasteiger partial charge is 0.480 e. The number of carboxylic acids is 1. The van der Waals surface area contributed by atoms with Gasteiger partial charge in [-0.1, -0.05) is 0 Å². The maximum atomic E-state index is 11.9. The van der Waals surface area contributed by atoms with Crippen LogP contribution in [0.2, 0.25) is 0 Å². The number of nitrogens with zero attached hydrogens (tertiary/aromatic N) is 1. The van der Waals surface area contributed by atoms with Gasteiger partial charge in [0.2, 0.25) is 0 Å². The van der Waals surface area contributed by atoms with E-state index in [4.69, 9.17) is 5.11 Å². The fraction of sp³-hybridized carbons (Fsp3) is 0.625. The van der Waals surface area contributed by atoms with Crippen molar-refractivity contribution in [3.05, 3.63) is 0 Å². The van der Waals surface area contributed by atoms with Crippen molar-refractivity contribution in [2.24, 2.45) is 0 Å². The van der Waals surface area contributed by atoms with E-state index in [0.29, 0.717) is 0 Å². The Kier molecular flexibility index (Phi) is 6.09. The molecule has 0 saturated heterocycles. The van der Waals surface area contributed by atoms with Crippen molar-refractivity contribution in [1.29, 1.82) is 0 Å². The van der Waals surface area contributed by atoms with Gasteiger partial charge in [-0.25, -0.2) is 9.59 Å². The van der Waals surface area contributed by atoms with E-state index < -0.39 is 43.8 Å². The monoisotopic (exact) mass is 272 g/mol. The first-order chi connectivity index (χ1) is 8.11. The number of aliphatic carboxylic acids is 1. The average Bonchev–Trinajstić information content (AvgIpc) is 2.13. The minimum Gasteiger partial charge on any atom is -0.480 e. The highest BCUT2D eigenvalue weighted by molar-refractivity contribution is 5.94. The number of halogens is 3. The van der Waals surface area contributed by atoms with Gasteiger partial charge in [0.05, 0.1) is 0 Å². The van der Waals surface area contributed by atoms with Crippen LogP contribution in [0.15, 0.2) is 0 Å². The lowest BCUT2D eigenvalue weighted by molar-refractivity contribution is -0.144. The molecule has 0 heterocycles. The zero-order chi connectivity index (χ0) is 14.3. The van der Waals surface area contributed by atoms with Crippen LogP contribution >= 0.6 is 0 Å². The molecular formula is C8H11F3N2O5. The maximum absolute atomic E-state index is 11.9. The van der Waals surface area contributed by atoms with Gasteiger partial charge in [0.15, 0.2) is 0 Å². The van der Waals surface area contributed by atoms with Gasteiger partial charge in [-0.05, 0) is 0 Å². The summed E-state index contributed by atoms with van der Waals surface area (Å²) in [5.41, 5.74) is 0. The number of ether oxygens (including phenoxy) is 1. The van der Waals surface area contributed by atoms with Crippen LogP contribution in [0.5, 0.6) is 0 Å². The number of carboxylic acid groups (broad SMARTS) is 1. The summed E-state index contributed by atoms with van der Waals surface area (Å²) < 4.78 is 40.0. The Hall–Kier alpha value is -1.84. The number of carbonyl (C=O) groups is 3. The van der Waals surface area contributed by atoms with Crippen LogP contribution in [-0.4, -0.2) is 60.9 Å². The molecule has 0 aromatic carbocycles. The van der Waals surface area contributed by atoms with E-state index >= 15 is 0 Å². The molecule has 0 fully saturated rings. The van der Waals surface area contributed by atoms with Crippen molar-refractivity contribution in [3.63, 3.8) is 0 Å². The fourth-order valence-corrected chi connectivity index (χ4v) is 0.823. The zero-order valence-electron chi connectivity index (χ0n) is 9.28. The molecule has 0 aliphatic carbocycles. The summed E-state index contributed by atoms with van der Waals surface area (Å²) in [5.74, 6) is -2.35. The van der Waals surface area contributed by atoms with Gasteiger partial charge in [-0.2, -0.15) is 13.2 Å². The number of carbonyl (C=O) groups excluding carboxylic acids is 2. The molecule has 10 heteroatoms. The van der Waals surface area contributed by atoms with E-state index in [1.54, 1.807) is 5.32 Å². The first-order valence-corrected chi connectivity index (χ1v) is 4.53. The summed E-state index contributed by atoms with van der Waals surface area (Å²) in [7, 11) is 0.855. The second-order valence-electron chi connectivity index (χ2n) is 3.21. The van der Waals surface area contributed by atoms with Crippen molar-refractivity contribution >= 4 is 17.9 Å². The number of rotatable bonds is 5. The van der Waals surface area contributed by atoms with Gasteiger partial charge < -0.3 is 14.7 Å². The second kappa shape index (κ2) is 6.79. The Bertz CT molecular complexity index is 331. The number of nitrogens with one attached hydrogen (secondary N) is 1. The third-order valence-corrected chi connectivity index (χ3v) is 1.47. The number of imide groups is 1. The van der Waals surface area contributed by atoms with Gasteiger partial charge in [0, 0.05) is 7.05 Å². The van der Waals surface area contributed by atoms with Crippen LogP contribution in [0.4, 0.5) is 18.0 Å². The molecule has 0 radical (unpaired) electrons. The lowest BCUT2D eigenvalue weighted by Gasteiger charge is -2.18. The third-order valence-electron chi connectivity index (χ3n) is 1.47. The Morgan fingerprint density at radius 3 is 2.28 bits per heavy atom. The maximum Gasteiger partial charge on any atom is 0.406 e. The Morgan fingerprint density at radius 1 is 1.28 bits per heavy atom. The SMILES string of the molecule is CN(CC(F)(F)F)C(=O)NC(=O)COCC(=O)O. The van der Waals surface area contributed by atoms with Gasteiger partial charge in [-0.15, -0.1) is 0 Å². The van der Waals surface area contributed by atoms with Gasteiger partial charge in [0.1, 0.15) is 19.8 Å². The first kappa shape index (κ1) is 16.2. The van der Waals surface area contributed by atoms with Crippen LogP contribution in [0.25, 0.3) is 0 Å². The predicted molar refractivity (Wildman–Crippen MR) is 50.7 cm³/mol. The number of urea groups is 1. The van der Waals surface area contributed by atoms with Gasteiger partial charge >= 0.3 is 18.2 Å². The highest BCUT2D eigenvalue weighted by Gasteiger charge is 2.31. The molecule has 0 spiro atoms. The van der Waals surface area contributed by atoms with E-state index in [-0.39, 0.29) is 4.90 Å². The Morgan fingerprint density at radius 2 is 1.83 bits per heavy atom. The number of hydrogen-bond acceptors (Lipinski definition) is 4. The van der Waals surface area contributed by atoms with Crippen molar-refractivity contribution < 1.29 is 37.4 Å². The fourth-order valence-electron chi connectivity index (χ4n) is 0.823. The molecule has 18 heavy (non-hydrogen) atoms. The first-order valence-electron chi connectivity index (χ1n) is 4.53. The number of amides is 3.